The number of aromatic nitrogens is 2. The van der Waals surface area contributed by atoms with Gasteiger partial charge in [0, 0.05) is 12.6 Å². The van der Waals surface area contributed by atoms with Crippen LogP contribution in [0.2, 0.25) is 0 Å². The molecular formula is C14H18N2O3. The Morgan fingerprint density at radius 3 is 2.53 bits per heavy atom. The molecule has 0 saturated carbocycles. The van der Waals surface area contributed by atoms with E-state index in [0.717, 1.165) is 5.69 Å². The third kappa shape index (κ3) is 2.29. The number of hydrogen-bond donors (Lipinski definition) is 1. The molecule has 0 fully saturated rings. The van der Waals surface area contributed by atoms with Crippen molar-refractivity contribution in [2.24, 2.45) is 7.05 Å². The van der Waals surface area contributed by atoms with Crippen molar-refractivity contribution < 1.29 is 14.6 Å². The Morgan fingerprint density at radius 2 is 1.89 bits per heavy atom. The highest BCUT2D eigenvalue weighted by molar-refractivity contribution is 5.44. The van der Waals surface area contributed by atoms with Gasteiger partial charge in [0.05, 0.1) is 25.5 Å². The summed E-state index contributed by atoms with van der Waals surface area (Å²) in [7, 11) is 4.93. The van der Waals surface area contributed by atoms with Gasteiger partial charge in [-0.25, -0.2) is 4.68 Å². The molecule has 0 saturated heterocycles. The molecule has 1 atom stereocenters. The van der Waals surface area contributed by atoms with Crippen LogP contribution < -0.4 is 9.47 Å². The Kier molecular flexibility index (Phi) is 3.76. The lowest BCUT2D eigenvalue weighted by Gasteiger charge is -2.15. The van der Waals surface area contributed by atoms with E-state index in [-0.39, 0.29) is 0 Å². The number of hydrogen-bond acceptors (Lipinski definition) is 4. The van der Waals surface area contributed by atoms with Crippen molar-refractivity contribution in [2.75, 3.05) is 14.2 Å². The van der Waals surface area contributed by atoms with Gasteiger partial charge < -0.3 is 14.6 Å². The quantitative estimate of drug-likeness (QED) is 0.913. The third-order valence-electron chi connectivity index (χ3n) is 3.11. The first kappa shape index (κ1) is 13.4. The molecular weight excluding hydrogens is 244 g/mol. The summed E-state index contributed by atoms with van der Waals surface area (Å²) in [6.45, 7) is 1.84. The molecule has 0 aliphatic rings. The van der Waals surface area contributed by atoms with Crippen LogP contribution in [-0.2, 0) is 7.05 Å². The molecule has 1 heterocycles. The first-order chi connectivity index (χ1) is 9.10. The van der Waals surface area contributed by atoms with Gasteiger partial charge >= 0.3 is 0 Å². The minimum absolute atomic E-state index is 0.552. The minimum atomic E-state index is -0.834. The van der Waals surface area contributed by atoms with Gasteiger partial charge in [0.1, 0.15) is 11.9 Å². The van der Waals surface area contributed by atoms with E-state index in [9.17, 15) is 5.11 Å². The second kappa shape index (κ2) is 5.32. The summed E-state index contributed by atoms with van der Waals surface area (Å²) in [5, 5.41) is 14.9. The Hall–Kier alpha value is -2.01. The molecule has 0 spiro atoms. The topological polar surface area (TPSA) is 56.5 Å². The molecule has 5 heteroatoms. The predicted molar refractivity (Wildman–Crippen MR) is 71.6 cm³/mol. The number of ether oxygens (including phenoxy) is 2. The molecule has 2 aromatic rings. The maximum atomic E-state index is 10.6. The molecule has 0 aliphatic heterocycles. The Bertz CT molecular complexity index is 578. The van der Waals surface area contributed by atoms with Crippen LogP contribution in [0.15, 0.2) is 24.3 Å². The smallest absolute Gasteiger partial charge is 0.217 e. The van der Waals surface area contributed by atoms with Gasteiger partial charge in [-0.15, -0.1) is 0 Å². The van der Waals surface area contributed by atoms with Crippen LogP contribution in [0.25, 0.3) is 0 Å². The van der Waals surface area contributed by atoms with Crippen molar-refractivity contribution in [1.29, 1.82) is 0 Å². The van der Waals surface area contributed by atoms with Crippen molar-refractivity contribution in [1.82, 2.24) is 9.78 Å². The number of nitrogens with zero attached hydrogens (tertiary/aromatic N) is 2. The highest BCUT2D eigenvalue weighted by Crippen LogP contribution is 2.36. The Labute approximate surface area is 112 Å². The second-order valence-electron chi connectivity index (χ2n) is 4.28. The standard InChI is InChI=1S/C14H18N2O3/c1-9-12(14(19-4)16(2)15-9)13(17)10-7-5-6-8-11(10)18-3/h5-8,13,17H,1-4H3. The number of rotatable bonds is 4. The normalized spacial score (nSPS) is 12.3. The van der Waals surface area contributed by atoms with Gasteiger partial charge in [0.15, 0.2) is 0 Å². The Balaban J connectivity index is 2.52. The largest absolute Gasteiger partial charge is 0.496 e. The van der Waals surface area contributed by atoms with Crippen LogP contribution in [-0.4, -0.2) is 29.1 Å². The van der Waals surface area contributed by atoms with Crippen molar-refractivity contribution >= 4 is 0 Å². The molecule has 102 valence electrons. The first-order valence-electron chi connectivity index (χ1n) is 5.98. The predicted octanol–water partition coefficient (Wildman–Crippen LogP) is 1.83. The number of aliphatic hydroxyl groups excluding tert-OH is 1. The summed E-state index contributed by atoms with van der Waals surface area (Å²) in [5.41, 5.74) is 2.09. The zero-order chi connectivity index (χ0) is 14.0. The molecule has 0 amide bonds. The molecule has 0 bridgehead atoms. The molecule has 5 nitrogen and oxygen atoms in total. The first-order valence-corrected chi connectivity index (χ1v) is 5.98. The van der Waals surface area contributed by atoms with E-state index in [4.69, 9.17) is 9.47 Å². The summed E-state index contributed by atoms with van der Waals surface area (Å²) < 4.78 is 12.2. The number of aryl methyl sites for hydroxylation is 2. The average Bonchev–Trinajstić information content (AvgIpc) is 2.71. The van der Waals surface area contributed by atoms with Gasteiger partial charge in [-0.1, -0.05) is 18.2 Å². The van der Waals surface area contributed by atoms with Gasteiger partial charge in [0.25, 0.3) is 0 Å². The number of methoxy groups -OCH3 is 2. The van der Waals surface area contributed by atoms with Crippen LogP contribution in [0.4, 0.5) is 0 Å². The molecule has 0 radical (unpaired) electrons. The van der Waals surface area contributed by atoms with Gasteiger partial charge in [-0.05, 0) is 13.0 Å². The molecule has 0 aliphatic carbocycles. The fourth-order valence-corrected chi connectivity index (χ4v) is 2.26. The van der Waals surface area contributed by atoms with E-state index >= 15 is 0 Å². The minimum Gasteiger partial charge on any atom is -0.496 e. The lowest BCUT2D eigenvalue weighted by molar-refractivity contribution is 0.208. The van der Waals surface area contributed by atoms with E-state index in [1.54, 1.807) is 25.9 Å². The molecule has 19 heavy (non-hydrogen) atoms. The number of para-hydroxylation sites is 1. The average molecular weight is 262 g/mol. The van der Waals surface area contributed by atoms with E-state index in [0.29, 0.717) is 22.8 Å². The number of aliphatic hydroxyl groups is 1. The summed E-state index contributed by atoms with van der Waals surface area (Å²) in [6.07, 6.45) is -0.834. The van der Waals surface area contributed by atoms with Crippen LogP contribution in [0, 0.1) is 6.92 Å². The molecule has 1 unspecified atom stereocenters. The van der Waals surface area contributed by atoms with Gasteiger partial charge in [-0.2, -0.15) is 5.10 Å². The zero-order valence-corrected chi connectivity index (χ0v) is 11.5. The van der Waals surface area contributed by atoms with Gasteiger partial charge in [0.2, 0.25) is 5.88 Å². The molecule has 1 N–H and O–H groups in total. The SMILES string of the molecule is COc1ccccc1C(O)c1c(C)nn(C)c1OC. The summed E-state index contributed by atoms with van der Waals surface area (Å²) >= 11 is 0. The number of benzene rings is 1. The summed E-state index contributed by atoms with van der Waals surface area (Å²) in [5.74, 6) is 1.19. The van der Waals surface area contributed by atoms with Crippen molar-refractivity contribution in [3.8, 4) is 11.6 Å². The lowest BCUT2D eigenvalue weighted by Crippen LogP contribution is -2.05. The summed E-state index contributed by atoms with van der Waals surface area (Å²) in [4.78, 5) is 0. The summed E-state index contributed by atoms with van der Waals surface area (Å²) in [6, 6.07) is 7.37. The molecule has 2 rings (SSSR count). The highest BCUT2D eigenvalue weighted by Gasteiger charge is 2.24. The fraction of sp³-hybridized carbons (Fsp3) is 0.357. The van der Waals surface area contributed by atoms with Gasteiger partial charge in [-0.3, -0.25) is 0 Å². The maximum absolute atomic E-state index is 10.6. The van der Waals surface area contributed by atoms with Crippen LogP contribution in [0.5, 0.6) is 11.6 Å². The van der Waals surface area contributed by atoms with E-state index in [2.05, 4.69) is 5.10 Å². The molecule has 1 aromatic carbocycles. The zero-order valence-electron chi connectivity index (χ0n) is 11.5. The highest BCUT2D eigenvalue weighted by atomic mass is 16.5. The fourth-order valence-electron chi connectivity index (χ4n) is 2.26. The van der Waals surface area contributed by atoms with Crippen LogP contribution in [0.3, 0.4) is 0 Å². The van der Waals surface area contributed by atoms with Crippen LogP contribution >= 0.6 is 0 Å². The van der Waals surface area contributed by atoms with E-state index in [1.807, 2.05) is 31.2 Å². The van der Waals surface area contributed by atoms with Crippen molar-refractivity contribution in [3.05, 3.63) is 41.1 Å². The van der Waals surface area contributed by atoms with Crippen molar-refractivity contribution in [2.45, 2.75) is 13.0 Å². The van der Waals surface area contributed by atoms with E-state index in [1.165, 1.54) is 0 Å². The Morgan fingerprint density at radius 1 is 1.21 bits per heavy atom. The third-order valence-corrected chi connectivity index (χ3v) is 3.11. The van der Waals surface area contributed by atoms with E-state index < -0.39 is 6.10 Å². The lowest BCUT2D eigenvalue weighted by atomic mass is 10.0. The monoisotopic (exact) mass is 262 g/mol. The van der Waals surface area contributed by atoms with Crippen LogP contribution in [0.1, 0.15) is 22.9 Å². The second-order valence-corrected chi connectivity index (χ2v) is 4.28. The maximum Gasteiger partial charge on any atom is 0.217 e. The molecule has 1 aromatic heterocycles. The van der Waals surface area contributed by atoms with Crippen molar-refractivity contribution in [3.63, 3.8) is 0 Å².